The Labute approximate surface area is 266 Å². The Bertz CT molecular complexity index is 1090. The molecule has 4 rings (SSSR count). The van der Waals surface area contributed by atoms with Gasteiger partial charge in [-0.3, -0.25) is 0 Å². The molecule has 0 N–H and O–H groups in total. The third-order valence-corrected chi connectivity index (χ3v) is 8.55. The van der Waals surface area contributed by atoms with Crippen LogP contribution in [0.4, 0.5) is 0 Å². The minimum atomic E-state index is -0.360. The molecule has 0 bridgehead atoms. The van der Waals surface area contributed by atoms with E-state index >= 15 is 0 Å². The molecule has 3 saturated carbocycles. The molecule has 0 atom stereocenters. The molecule has 1 aromatic rings. The van der Waals surface area contributed by atoms with Crippen molar-refractivity contribution < 1.29 is 14.4 Å². The van der Waals surface area contributed by atoms with Crippen LogP contribution in [0.3, 0.4) is 0 Å². The van der Waals surface area contributed by atoms with Crippen LogP contribution in [0.1, 0.15) is 117 Å². The van der Waals surface area contributed by atoms with Gasteiger partial charge in [0, 0.05) is 39.3 Å². The van der Waals surface area contributed by atoms with Gasteiger partial charge in [-0.1, -0.05) is 57.8 Å². The van der Waals surface area contributed by atoms with Gasteiger partial charge in [0.25, 0.3) is 0 Å². The summed E-state index contributed by atoms with van der Waals surface area (Å²) >= 11 is 0. The van der Waals surface area contributed by atoms with E-state index in [4.69, 9.17) is 14.4 Å². The molecule has 3 fully saturated rings. The first-order valence-electron chi connectivity index (χ1n) is 16.9. The highest BCUT2D eigenvalue weighted by molar-refractivity contribution is 5.33. The van der Waals surface area contributed by atoms with Crippen molar-refractivity contribution in [3.05, 3.63) is 31.5 Å². The molecule has 0 aromatic carbocycles. The number of aromatic nitrogens is 3. The Kier molecular flexibility index (Phi) is 21.8. The zero-order chi connectivity index (χ0) is 33.3. The number of rotatable bonds is 9. The normalized spacial score (nSPS) is 16.9. The lowest BCUT2D eigenvalue weighted by Crippen LogP contribution is -2.56. The zero-order valence-corrected chi connectivity index (χ0v) is 27.7. The molecular formula is C33H54N6O6. The van der Waals surface area contributed by atoms with E-state index in [1.54, 1.807) is 20.8 Å². The fourth-order valence-electron chi connectivity index (χ4n) is 6.23. The molecule has 0 unspecified atom stereocenters. The molecule has 45 heavy (non-hydrogen) atoms. The summed E-state index contributed by atoms with van der Waals surface area (Å²) in [4.78, 5) is 76.8. The number of hydrogen-bond acceptors (Lipinski definition) is 9. The second-order valence-corrected chi connectivity index (χ2v) is 11.9. The minimum absolute atomic E-state index is 0.360. The van der Waals surface area contributed by atoms with Crippen molar-refractivity contribution in [2.24, 2.45) is 32.7 Å². The van der Waals surface area contributed by atoms with Crippen molar-refractivity contribution >= 4 is 18.2 Å². The minimum Gasteiger partial charge on any atom is -0.247 e. The lowest BCUT2D eigenvalue weighted by atomic mass is 9.89. The quantitative estimate of drug-likeness (QED) is 0.278. The monoisotopic (exact) mass is 630 g/mol. The van der Waals surface area contributed by atoms with Gasteiger partial charge >= 0.3 is 17.1 Å². The van der Waals surface area contributed by atoms with Gasteiger partial charge in [-0.15, -0.1) is 0 Å². The van der Waals surface area contributed by atoms with Gasteiger partial charge in [0.15, 0.2) is 0 Å². The molecule has 1 heterocycles. The fraction of sp³-hybridized carbons (Fsp3) is 0.818. The third-order valence-electron chi connectivity index (χ3n) is 8.55. The summed E-state index contributed by atoms with van der Waals surface area (Å²) in [6.07, 6.45) is 21.5. The van der Waals surface area contributed by atoms with E-state index < -0.39 is 0 Å². The van der Waals surface area contributed by atoms with Crippen LogP contribution < -0.4 is 17.1 Å². The van der Waals surface area contributed by atoms with E-state index in [0.29, 0.717) is 57.0 Å². The number of nitrogens with zero attached hydrogens (tertiary/aromatic N) is 6. The molecule has 0 saturated heterocycles. The summed E-state index contributed by atoms with van der Waals surface area (Å²) in [5, 5.41) is 0. The molecule has 0 amide bonds. The van der Waals surface area contributed by atoms with E-state index in [0.717, 1.165) is 38.5 Å². The number of aliphatic imine (C=N–C) groups is 3. The average Bonchev–Trinajstić information content (AvgIpc) is 3.07. The van der Waals surface area contributed by atoms with Crippen LogP contribution in [-0.4, -0.2) is 51.6 Å². The molecule has 0 aliphatic heterocycles. The smallest absolute Gasteiger partial charge is 0.247 e. The van der Waals surface area contributed by atoms with Gasteiger partial charge in [-0.25, -0.2) is 57.4 Å². The lowest BCUT2D eigenvalue weighted by molar-refractivity contribution is 0.260. The van der Waals surface area contributed by atoms with E-state index in [1.807, 2.05) is 0 Å². The maximum Gasteiger partial charge on any atom is 0.336 e. The predicted octanol–water partition coefficient (Wildman–Crippen LogP) is 4.94. The van der Waals surface area contributed by atoms with Crippen LogP contribution >= 0.6 is 0 Å². The number of isocyanates is 3. The molecule has 12 nitrogen and oxygen atoms in total. The Balaban J connectivity index is 0.000000562. The van der Waals surface area contributed by atoms with Gasteiger partial charge < -0.3 is 0 Å². The predicted molar refractivity (Wildman–Crippen MR) is 175 cm³/mol. The summed E-state index contributed by atoms with van der Waals surface area (Å²) < 4.78 is 4.26. The van der Waals surface area contributed by atoms with Crippen LogP contribution in [0.5, 0.6) is 0 Å². The maximum absolute atomic E-state index is 13.3. The Morgan fingerprint density at radius 1 is 0.467 bits per heavy atom. The molecule has 252 valence electrons. The van der Waals surface area contributed by atoms with Crippen LogP contribution in [-0.2, 0) is 34.0 Å². The molecular weight excluding hydrogens is 576 g/mol. The molecule has 0 spiro atoms. The van der Waals surface area contributed by atoms with E-state index in [-0.39, 0.29) is 17.1 Å². The largest absolute Gasteiger partial charge is 0.336 e. The van der Waals surface area contributed by atoms with Crippen LogP contribution in [0.15, 0.2) is 29.4 Å². The highest BCUT2D eigenvalue weighted by Gasteiger charge is 2.24. The first kappa shape index (κ1) is 39.6. The topological polar surface area (TPSA) is 154 Å². The summed E-state index contributed by atoms with van der Waals surface area (Å²) in [7, 11) is 0. The Morgan fingerprint density at radius 2 is 0.689 bits per heavy atom. The van der Waals surface area contributed by atoms with Crippen LogP contribution in [0.25, 0.3) is 0 Å². The average molecular weight is 631 g/mol. The summed E-state index contributed by atoms with van der Waals surface area (Å²) in [6.45, 7) is 8.42. The summed E-state index contributed by atoms with van der Waals surface area (Å²) in [6, 6.07) is 0. The second kappa shape index (κ2) is 24.8. The Morgan fingerprint density at radius 3 is 0.844 bits per heavy atom. The van der Waals surface area contributed by atoms with Gasteiger partial charge in [-0.2, -0.15) is 0 Å². The molecule has 3 aliphatic carbocycles. The van der Waals surface area contributed by atoms with Crippen molar-refractivity contribution in [3.63, 3.8) is 0 Å². The summed E-state index contributed by atoms with van der Waals surface area (Å²) in [5.41, 5.74) is -1.08. The van der Waals surface area contributed by atoms with E-state index in [2.05, 4.69) is 15.0 Å². The SMILES string of the molecule is CCN=C=O.CCN=C=O.CCN=C=O.O=c1n(CC2CCCCC2)c(=O)n(CC2CCCCC2)c(=O)n1CC1CCCCC1. The van der Waals surface area contributed by atoms with Crippen molar-refractivity contribution in [2.45, 2.75) is 137 Å². The van der Waals surface area contributed by atoms with Crippen molar-refractivity contribution in [2.75, 3.05) is 19.6 Å². The lowest BCUT2D eigenvalue weighted by Gasteiger charge is -2.26. The van der Waals surface area contributed by atoms with Crippen LogP contribution in [0, 0.1) is 17.8 Å². The molecule has 3 aliphatic rings. The highest BCUT2D eigenvalue weighted by atomic mass is 16.2. The van der Waals surface area contributed by atoms with E-state index in [1.165, 1.54) is 89.7 Å². The molecule has 1 aromatic heterocycles. The van der Waals surface area contributed by atoms with Gasteiger partial charge in [0.2, 0.25) is 18.2 Å². The zero-order valence-electron chi connectivity index (χ0n) is 27.7. The van der Waals surface area contributed by atoms with Gasteiger partial charge in [0.05, 0.1) is 0 Å². The first-order valence-corrected chi connectivity index (χ1v) is 16.9. The molecule has 12 heteroatoms. The first-order chi connectivity index (χ1) is 21.9. The fourth-order valence-corrected chi connectivity index (χ4v) is 6.23. The number of carbonyl (C=O) groups excluding carboxylic acids is 3. The summed E-state index contributed by atoms with van der Waals surface area (Å²) in [5.74, 6) is 1.15. The Hall–Kier alpha value is -3.45. The third kappa shape index (κ3) is 15.4. The van der Waals surface area contributed by atoms with Crippen molar-refractivity contribution in [3.8, 4) is 0 Å². The highest BCUT2D eigenvalue weighted by Crippen LogP contribution is 2.26. The van der Waals surface area contributed by atoms with Crippen molar-refractivity contribution in [1.29, 1.82) is 0 Å². The van der Waals surface area contributed by atoms with Crippen LogP contribution in [0.2, 0.25) is 0 Å². The second-order valence-electron chi connectivity index (χ2n) is 11.9. The molecule has 0 radical (unpaired) electrons. The van der Waals surface area contributed by atoms with Crippen molar-refractivity contribution in [1.82, 2.24) is 13.7 Å². The number of hydrogen-bond donors (Lipinski definition) is 0. The van der Waals surface area contributed by atoms with E-state index in [9.17, 15) is 14.4 Å². The van der Waals surface area contributed by atoms with Gasteiger partial charge in [0.1, 0.15) is 0 Å². The standard InChI is InChI=1S/C24H39N3O3.3C3H5NO/c28-22-25(16-19-10-4-1-5-11-19)23(29)27(18-21-14-8-3-9-15-21)24(30)26(22)17-20-12-6-2-7-13-20;3*1-2-4-3-5/h19-21H,1-18H2;3*2H2,1H3. The maximum atomic E-state index is 13.3. The van der Waals surface area contributed by atoms with Gasteiger partial charge in [-0.05, 0) is 77.0 Å².